The van der Waals surface area contributed by atoms with Gasteiger partial charge in [0.1, 0.15) is 15.7 Å². The van der Waals surface area contributed by atoms with Crippen LogP contribution < -0.4 is 5.73 Å². The molecule has 0 amide bonds. The van der Waals surface area contributed by atoms with E-state index in [9.17, 15) is 8.42 Å². The highest BCUT2D eigenvalue weighted by Gasteiger charge is 2.14. The van der Waals surface area contributed by atoms with Crippen molar-refractivity contribution in [1.82, 2.24) is 9.97 Å². The van der Waals surface area contributed by atoms with Crippen molar-refractivity contribution >= 4 is 32.8 Å². The van der Waals surface area contributed by atoms with Crippen LogP contribution >= 0.6 is 22.9 Å². The largest absolute Gasteiger partial charge is 0.341 e. The fraction of sp³-hybridized carbons (Fsp3) is 0.364. The van der Waals surface area contributed by atoms with Gasteiger partial charge in [-0.25, -0.2) is 13.4 Å². The first-order chi connectivity index (χ1) is 8.85. The predicted octanol–water partition coefficient (Wildman–Crippen LogP) is 2.23. The second kappa shape index (κ2) is 5.62. The third-order valence-corrected chi connectivity index (χ3v) is 4.69. The van der Waals surface area contributed by atoms with Gasteiger partial charge in [-0.3, -0.25) is 0 Å². The standard InChI is InChI=1S/C11H14ClN3O2S2/c1-19(16,17)3-2-8(13)11-14-5-9(15-11)7-4-10(12)18-6-7/h4-6,8H,2-3,13H2,1H3,(H,14,15). The number of hydrogen-bond acceptors (Lipinski definition) is 5. The van der Waals surface area contributed by atoms with E-state index in [4.69, 9.17) is 17.3 Å². The van der Waals surface area contributed by atoms with Crippen molar-refractivity contribution in [3.05, 3.63) is 27.8 Å². The van der Waals surface area contributed by atoms with Gasteiger partial charge in [-0.15, -0.1) is 11.3 Å². The van der Waals surface area contributed by atoms with E-state index in [-0.39, 0.29) is 5.75 Å². The van der Waals surface area contributed by atoms with Crippen LogP contribution in [-0.4, -0.2) is 30.4 Å². The Morgan fingerprint density at radius 2 is 2.32 bits per heavy atom. The molecule has 0 spiro atoms. The molecule has 0 aliphatic carbocycles. The summed E-state index contributed by atoms with van der Waals surface area (Å²) in [6.45, 7) is 0. The number of H-pyrrole nitrogens is 1. The Labute approximate surface area is 120 Å². The van der Waals surface area contributed by atoms with Gasteiger partial charge < -0.3 is 10.7 Å². The minimum absolute atomic E-state index is 0.0501. The van der Waals surface area contributed by atoms with Crippen molar-refractivity contribution in [1.29, 1.82) is 0 Å². The molecule has 8 heteroatoms. The fourth-order valence-corrected chi connectivity index (χ4v) is 3.16. The van der Waals surface area contributed by atoms with Gasteiger partial charge >= 0.3 is 0 Å². The zero-order chi connectivity index (χ0) is 14.0. The molecule has 19 heavy (non-hydrogen) atoms. The first-order valence-electron chi connectivity index (χ1n) is 5.58. The zero-order valence-corrected chi connectivity index (χ0v) is 12.6. The topological polar surface area (TPSA) is 88.8 Å². The number of thiophene rings is 1. The number of halogens is 1. The number of hydrogen-bond donors (Lipinski definition) is 2. The lowest BCUT2D eigenvalue weighted by atomic mass is 10.2. The van der Waals surface area contributed by atoms with Crippen LogP contribution in [-0.2, 0) is 9.84 Å². The maximum Gasteiger partial charge on any atom is 0.147 e. The van der Waals surface area contributed by atoms with Gasteiger partial charge in [0.2, 0.25) is 0 Å². The Morgan fingerprint density at radius 3 is 2.89 bits per heavy atom. The van der Waals surface area contributed by atoms with Gasteiger partial charge in [-0.1, -0.05) is 11.6 Å². The summed E-state index contributed by atoms with van der Waals surface area (Å²) in [6.07, 6.45) is 3.21. The lowest BCUT2D eigenvalue weighted by Crippen LogP contribution is -2.16. The minimum Gasteiger partial charge on any atom is -0.341 e. The quantitative estimate of drug-likeness (QED) is 0.884. The highest BCUT2D eigenvalue weighted by molar-refractivity contribution is 7.90. The van der Waals surface area contributed by atoms with E-state index in [0.717, 1.165) is 11.3 Å². The molecule has 104 valence electrons. The van der Waals surface area contributed by atoms with Gasteiger partial charge in [-0.05, 0) is 12.5 Å². The van der Waals surface area contributed by atoms with Gasteiger partial charge in [0.05, 0.1) is 28.0 Å². The van der Waals surface area contributed by atoms with Crippen LogP contribution in [0.4, 0.5) is 0 Å². The maximum atomic E-state index is 11.1. The van der Waals surface area contributed by atoms with Gasteiger partial charge in [0, 0.05) is 17.2 Å². The summed E-state index contributed by atoms with van der Waals surface area (Å²) in [4.78, 5) is 7.28. The Balaban J connectivity index is 2.08. The molecule has 2 heterocycles. The van der Waals surface area contributed by atoms with E-state index < -0.39 is 15.9 Å². The van der Waals surface area contributed by atoms with Crippen LogP contribution in [0.2, 0.25) is 4.34 Å². The molecule has 0 radical (unpaired) electrons. The molecule has 0 aliphatic heterocycles. The smallest absolute Gasteiger partial charge is 0.147 e. The number of rotatable bonds is 5. The summed E-state index contributed by atoms with van der Waals surface area (Å²) in [7, 11) is -3.01. The summed E-state index contributed by atoms with van der Waals surface area (Å²) in [5.74, 6) is 0.634. The average molecular weight is 320 g/mol. The third kappa shape index (κ3) is 4.04. The molecule has 0 aromatic carbocycles. The molecule has 2 aromatic rings. The normalized spacial score (nSPS) is 13.6. The lowest BCUT2D eigenvalue weighted by molar-refractivity contribution is 0.588. The molecule has 0 fully saturated rings. The van der Waals surface area contributed by atoms with Crippen LogP contribution in [0.5, 0.6) is 0 Å². The van der Waals surface area contributed by atoms with Crippen LogP contribution in [0.15, 0.2) is 17.6 Å². The highest BCUT2D eigenvalue weighted by Crippen LogP contribution is 2.28. The number of imidazole rings is 1. The molecule has 5 nitrogen and oxygen atoms in total. The molecule has 0 saturated heterocycles. The van der Waals surface area contributed by atoms with E-state index in [1.165, 1.54) is 17.6 Å². The Kier molecular flexibility index (Phi) is 4.29. The first kappa shape index (κ1) is 14.5. The number of nitrogens with two attached hydrogens (primary N) is 1. The second-order valence-electron chi connectivity index (χ2n) is 4.35. The molecule has 0 aliphatic rings. The Bertz CT molecular complexity index is 663. The molecule has 0 bridgehead atoms. The molecular formula is C11H14ClN3O2S2. The fourth-order valence-electron chi connectivity index (χ4n) is 1.60. The van der Waals surface area contributed by atoms with Crippen LogP contribution in [0, 0.1) is 0 Å². The zero-order valence-electron chi connectivity index (χ0n) is 10.3. The van der Waals surface area contributed by atoms with Crippen LogP contribution in [0.3, 0.4) is 0 Å². The highest BCUT2D eigenvalue weighted by atomic mass is 35.5. The van der Waals surface area contributed by atoms with Crippen LogP contribution in [0.25, 0.3) is 11.3 Å². The average Bonchev–Trinajstić information content (AvgIpc) is 2.93. The van der Waals surface area contributed by atoms with Gasteiger partial charge in [0.15, 0.2) is 0 Å². The summed E-state index contributed by atoms with van der Waals surface area (Å²) >= 11 is 7.31. The number of sulfone groups is 1. The number of aromatic nitrogens is 2. The van der Waals surface area contributed by atoms with Gasteiger partial charge in [-0.2, -0.15) is 0 Å². The van der Waals surface area contributed by atoms with E-state index in [2.05, 4.69) is 9.97 Å². The summed E-state index contributed by atoms with van der Waals surface area (Å²) in [5.41, 5.74) is 7.69. The molecule has 3 N–H and O–H groups in total. The Hall–Kier alpha value is -0.890. The van der Waals surface area contributed by atoms with Crippen molar-refractivity contribution in [3.63, 3.8) is 0 Å². The number of nitrogens with zero attached hydrogens (tertiary/aromatic N) is 1. The lowest BCUT2D eigenvalue weighted by Gasteiger charge is -2.07. The maximum absolute atomic E-state index is 11.1. The third-order valence-electron chi connectivity index (χ3n) is 2.62. The summed E-state index contributed by atoms with van der Waals surface area (Å²) in [5, 5.41) is 1.92. The second-order valence-corrected chi connectivity index (χ2v) is 8.15. The molecule has 2 rings (SSSR count). The van der Waals surface area contributed by atoms with Crippen molar-refractivity contribution in [2.24, 2.45) is 5.73 Å². The van der Waals surface area contributed by atoms with E-state index in [1.807, 2.05) is 11.4 Å². The van der Waals surface area contributed by atoms with E-state index >= 15 is 0 Å². The van der Waals surface area contributed by atoms with E-state index in [0.29, 0.717) is 16.6 Å². The Morgan fingerprint density at radius 1 is 1.58 bits per heavy atom. The van der Waals surface area contributed by atoms with Crippen molar-refractivity contribution in [3.8, 4) is 11.3 Å². The molecular weight excluding hydrogens is 306 g/mol. The molecule has 0 saturated carbocycles. The van der Waals surface area contributed by atoms with Gasteiger partial charge in [0.25, 0.3) is 0 Å². The predicted molar refractivity (Wildman–Crippen MR) is 78.2 cm³/mol. The SMILES string of the molecule is CS(=O)(=O)CCC(N)c1ncc(-c2csc(Cl)c2)[nH]1. The minimum atomic E-state index is -3.01. The molecule has 1 unspecified atom stereocenters. The molecule has 1 atom stereocenters. The van der Waals surface area contributed by atoms with Crippen LogP contribution in [0.1, 0.15) is 18.3 Å². The summed E-state index contributed by atoms with van der Waals surface area (Å²) in [6, 6.07) is 1.42. The van der Waals surface area contributed by atoms with Crippen molar-refractivity contribution in [2.45, 2.75) is 12.5 Å². The number of nitrogens with one attached hydrogen (secondary N) is 1. The monoisotopic (exact) mass is 319 g/mol. The molecule has 2 aromatic heterocycles. The van der Waals surface area contributed by atoms with E-state index in [1.54, 1.807) is 6.20 Å². The first-order valence-corrected chi connectivity index (χ1v) is 8.89. The van der Waals surface area contributed by atoms with Crippen molar-refractivity contribution < 1.29 is 8.42 Å². The summed E-state index contributed by atoms with van der Waals surface area (Å²) < 4.78 is 22.9. The van der Waals surface area contributed by atoms with Crippen molar-refractivity contribution in [2.75, 3.05) is 12.0 Å². The number of aromatic amines is 1.